The highest BCUT2D eigenvalue weighted by molar-refractivity contribution is 5.98. The molecule has 1 aromatic rings. The number of anilines is 1. The van der Waals surface area contributed by atoms with Crippen LogP contribution in [-0.4, -0.2) is 22.8 Å². The van der Waals surface area contributed by atoms with E-state index in [4.69, 9.17) is 0 Å². The molecule has 21 heavy (non-hydrogen) atoms. The molecule has 0 aliphatic heterocycles. The maximum atomic E-state index is 12.3. The van der Waals surface area contributed by atoms with Crippen LogP contribution in [0, 0.1) is 11.8 Å². The SMILES string of the molecule is CC(=O)c1cccc(NC(=O)[C@@H]2CC=CC[C@H]2C(=O)O)c1. The summed E-state index contributed by atoms with van der Waals surface area (Å²) in [6, 6.07) is 6.62. The van der Waals surface area contributed by atoms with E-state index in [1.165, 1.54) is 6.92 Å². The Kier molecular flexibility index (Phi) is 4.52. The van der Waals surface area contributed by atoms with E-state index in [0.29, 0.717) is 24.1 Å². The Labute approximate surface area is 122 Å². The average molecular weight is 287 g/mol. The normalized spacial score (nSPS) is 20.8. The molecule has 0 radical (unpaired) electrons. The Bertz CT molecular complexity index is 606. The molecule has 1 amide bonds. The molecule has 5 nitrogen and oxygen atoms in total. The van der Waals surface area contributed by atoms with Crippen LogP contribution < -0.4 is 5.32 Å². The standard InChI is InChI=1S/C16H17NO4/c1-10(18)11-5-4-6-12(9-11)17-15(19)13-7-2-3-8-14(13)16(20)21/h2-6,9,13-14H,7-8H2,1H3,(H,17,19)(H,20,21)/t13-,14-/m1/s1. The second kappa shape index (κ2) is 6.35. The number of hydrogen-bond donors (Lipinski definition) is 2. The van der Waals surface area contributed by atoms with E-state index in [0.717, 1.165) is 0 Å². The van der Waals surface area contributed by atoms with E-state index in [1.807, 2.05) is 6.08 Å². The molecule has 0 fully saturated rings. The summed E-state index contributed by atoms with van der Waals surface area (Å²) in [7, 11) is 0. The number of benzene rings is 1. The number of ketones is 1. The summed E-state index contributed by atoms with van der Waals surface area (Å²) < 4.78 is 0. The summed E-state index contributed by atoms with van der Waals surface area (Å²) in [5.41, 5.74) is 1.01. The number of allylic oxidation sites excluding steroid dienone is 2. The molecule has 2 atom stereocenters. The zero-order valence-corrected chi connectivity index (χ0v) is 11.7. The second-order valence-electron chi connectivity index (χ2n) is 5.12. The van der Waals surface area contributed by atoms with Crippen molar-refractivity contribution in [3.63, 3.8) is 0 Å². The van der Waals surface area contributed by atoms with Gasteiger partial charge in [0.05, 0.1) is 11.8 Å². The van der Waals surface area contributed by atoms with E-state index in [1.54, 1.807) is 30.3 Å². The fourth-order valence-electron chi connectivity index (χ4n) is 2.43. The minimum atomic E-state index is -0.961. The van der Waals surface area contributed by atoms with E-state index < -0.39 is 17.8 Å². The predicted octanol–water partition coefficient (Wildman–Crippen LogP) is 2.49. The molecule has 0 saturated carbocycles. The maximum Gasteiger partial charge on any atom is 0.307 e. The third-order valence-corrected chi connectivity index (χ3v) is 3.62. The van der Waals surface area contributed by atoms with Gasteiger partial charge in [-0.25, -0.2) is 0 Å². The van der Waals surface area contributed by atoms with Crippen molar-refractivity contribution in [2.45, 2.75) is 19.8 Å². The van der Waals surface area contributed by atoms with Gasteiger partial charge in [0, 0.05) is 11.3 Å². The van der Waals surface area contributed by atoms with Gasteiger partial charge in [-0.3, -0.25) is 14.4 Å². The van der Waals surface area contributed by atoms with Gasteiger partial charge in [-0.2, -0.15) is 0 Å². The summed E-state index contributed by atoms with van der Waals surface area (Å²) >= 11 is 0. The van der Waals surface area contributed by atoms with Crippen LogP contribution in [0.4, 0.5) is 5.69 Å². The minimum absolute atomic E-state index is 0.0879. The Hall–Kier alpha value is -2.43. The molecule has 5 heteroatoms. The number of hydrogen-bond acceptors (Lipinski definition) is 3. The monoisotopic (exact) mass is 287 g/mol. The molecule has 0 heterocycles. The molecule has 0 aromatic heterocycles. The van der Waals surface area contributed by atoms with Crippen molar-refractivity contribution < 1.29 is 19.5 Å². The summed E-state index contributed by atoms with van der Waals surface area (Å²) in [5, 5.41) is 11.9. The fraction of sp³-hybridized carbons (Fsp3) is 0.312. The molecule has 0 unspecified atom stereocenters. The summed E-state index contributed by atoms with van der Waals surface area (Å²) in [6.07, 6.45) is 4.39. The summed E-state index contributed by atoms with van der Waals surface area (Å²) in [5.74, 6) is -2.67. The zero-order chi connectivity index (χ0) is 15.4. The van der Waals surface area contributed by atoms with Crippen molar-refractivity contribution in [3.8, 4) is 0 Å². The minimum Gasteiger partial charge on any atom is -0.481 e. The van der Waals surface area contributed by atoms with Crippen LogP contribution in [-0.2, 0) is 9.59 Å². The first kappa shape index (κ1) is 15.0. The highest BCUT2D eigenvalue weighted by atomic mass is 16.4. The van der Waals surface area contributed by atoms with Crippen molar-refractivity contribution in [2.75, 3.05) is 5.32 Å². The predicted molar refractivity (Wildman–Crippen MR) is 78.1 cm³/mol. The van der Waals surface area contributed by atoms with Crippen molar-refractivity contribution in [2.24, 2.45) is 11.8 Å². The molecule has 0 bridgehead atoms. The third-order valence-electron chi connectivity index (χ3n) is 3.62. The molecule has 2 rings (SSSR count). The van der Waals surface area contributed by atoms with Crippen LogP contribution in [0.5, 0.6) is 0 Å². The molecular formula is C16H17NO4. The number of aliphatic carboxylic acids is 1. The highest BCUT2D eigenvalue weighted by Gasteiger charge is 2.33. The fourth-order valence-corrected chi connectivity index (χ4v) is 2.43. The number of carboxylic acids is 1. The van der Waals surface area contributed by atoms with Crippen LogP contribution in [0.25, 0.3) is 0 Å². The lowest BCUT2D eigenvalue weighted by atomic mass is 9.82. The van der Waals surface area contributed by atoms with Crippen molar-refractivity contribution in [3.05, 3.63) is 42.0 Å². The average Bonchev–Trinajstić information content (AvgIpc) is 2.47. The molecule has 1 aliphatic carbocycles. The van der Waals surface area contributed by atoms with E-state index in [2.05, 4.69) is 5.32 Å². The highest BCUT2D eigenvalue weighted by Crippen LogP contribution is 2.27. The Morgan fingerprint density at radius 3 is 2.43 bits per heavy atom. The number of carboxylic acid groups (broad SMARTS) is 1. The van der Waals surface area contributed by atoms with Gasteiger partial charge in [0.1, 0.15) is 0 Å². The Balaban J connectivity index is 2.13. The molecule has 0 spiro atoms. The number of carbonyl (C=O) groups is 3. The zero-order valence-electron chi connectivity index (χ0n) is 11.7. The number of carbonyl (C=O) groups excluding carboxylic acids is 2. The van der Waals surface area contributed by atoms with Crippen LogP contribution in [0.15, 0.2) is 36.4 Å². The van der Waals surface area contributed by atoms with Gasteiger partial charge in [-0.15, -0.1) is 0 Å². The molecule has 110 valence electrons. The molecule has 2 N–H and O–H groups in total. The Morgan fingerprint density at radius 2 is 1.81 bits per heavy atom. The summed E-state index contributed by atoms with van der Waals surface area (Å²) in [6.45, 7) is 1.45. The third kappa shape index (κ3) is 3.56. The number of Topliss-reactive ketones (excluding diaryl/α,β-unsaturated/α-hetero) is 1. The molecular weight excluding hydrogens is 270 g/mol. The Morgan fingerprint density at radius 1 is 1.14 bits per heavy atom. The van der Waals surface area contributed by atoms with Gasteiger partial charge in [0.15, 0.2) is 5.78 Å². The number of rotatable bonds is 4. The van der Waals surface area contributed by atoms with Gasteiger partial charge in [-0.05, 0) is 31.9 Å². The lowest BCUT2D eigenvalue weighted by Crippen LogP contribution is -2.34. The van der Waals surface area contributed by atoms with Gasteiger partial charge in [-0.1, -0.05) is 24.3 Å². The second-order valence-corrected chi connectivity index (χ2v) is 5.12. The first-order valence-electron chi connectivity index (χ1n) is 6.78. The first-order valence-corrected chi connectivity index (χ1v) is 6.78. The van der Waals surface area contributed by atoms with Gasteiger partial charge >= 0.3 is 5.97 Å². The van der Waals surface area contributed by atoms with Crippen LogP contribution in [0.3, 0.4) is 0 Å². The molecule has 1 aromatic carbocycles. The van der Waals surface area contributed by atoms with Gasteiger partial charge in [0.2, 0.25) is 5.91 Å². The van der Waals surface area contributed by atoms with Crippen molar-refractivity contribution in [1.82, 2.24) is 0 Å². The lowest BCUT2D eigenvalue weighted by Gasteiger charge is -2.24. The van der Waals surface area contributed by atoms with Crippen molar-refractivity contribution >= 4 is 23.3 Å². The lowest BCUT2D eigenvalue weighted by molar-refractivity contribution is -0.146. The van der Waals surface area contributed by atoms with Crippen molar-refractivity contribution in [1.29, 1.82) is 0 Å². The number of nitrogens with one attached hydrogen (secondary N) is 1. The molecule has 1 aliphatic rings. The van der Waals surface area contributed by atoms with Gasteiger partial charge in [0.25, 0.3) is 0 Å². The van der Waals surface area contributed by atoms with E-state index in [9.17, 15) is 19.5 Å². The first-order chi connectivity index (χ1) is 9.99. The maximum absolute atomic E-state index is 12.3. The smallest absolute Gasteiger partial charge is 0.307 e. The van der Waals surface area contributed by atoms with Gasteiger partial charge < -0.3 is 10.4 Å². The van der Waals surface area contributed by atoms with E-state index in [-0.39, 0.29) is 11.7 Å². The largest absolute Gasteiger partial charge is 0.481 e. The number of amides is 1. The topological polar surface area (TPSA) is 83.5 Å². The molecule has 0 saturated heterocycles. The van der Waals surface area contributed by atoms with Crippen LogP contribution in [0.2, 0.25) is 0 Å². The quantitative estimate of drug-likeness (QED) is 0.658. The van der Waals surface area contributed by atoms with Crippen LogP contribution in [0.1, 0.15) is 30.1 Å². The van der Waals surface area contributed by atoms with E-state index >= 15 is 0 Å². The summed E-state index contributed by atoms with van der Waals surface area (Å²) in [4.78, 5) is 34.8. The van der Waals surface area contributed by atoms with Crippen LogP contribution >= 0.6 is 0 Å².